The van der Waals surface area contributed by atoms with E-state index in [4.69, 9.17) is 9.47 Å². The van der Waals surface area contributed by atoms with Crippen LogP contribution in [0, 0.1) is 11.8 Å². The molecule has 1 unspecified atom stereocenters. The molecule has 1 fully saturated rings. The van der Waals surface area contributed by atoms with Gasteiger partial charge in [-0.05, 0) is 57.4 Å². The first kappa shape index (κ1) is 52.4. The van der Waals surface area contributed by atoms with Gasteiger partial charge in [0.15, 0.2) is 0 Å². The number of likely N-dealkylation sites (N-methyl/N-ethyl adjacent to an activating group) is 1. The van der Waals surface area contributed by atoms with E-state index in [0.717, 1.165) is 18.9 Å². The second-order valence-corrected chi connectivity index (χ2v) is 18.1. The third-order valence-electron chi connectivity index (χ3n) is 12.7. The highest BCUT2D eigenvalue weighted by molar-refractivity contribution is 5.69. The third-order valence-corrected chi connectivity index (χ3v) is 12.7. The second kappa shape index (κ2) is 40.1. The molecular formula is C50H100N2O3. The molecule has 0 aliphatic carbocycles. The van der Waals surface area contributed by atoms with Crippen LogP contribution in [0.25, 0.3) is 0 Å². The van der Waals surface area contributed by atoms with Crippen LogP contribution >= 0.6 is 0 Å². The summed E-state index contributed by atoms with van der Waals surface area (Å²) in [5.41, 5.74) is 0. The Morgan fingerprint density at radius 2 is 0.855 bits per heavy atom. The zero-order valence-corrected chi connectivity index (χ0v) is 38.3. The van der Waals surface area contributed by atoms with E-state index in [9.17, 15) is 4.79 Å². The first-order valence-corrected chi connectivity index (χ1v) is 25.2. The number of unbranched alkanes of at least 4 members (excludes halogenated alkanes) is 19. The van der Waals surface area contributed by atoms with Crippen molar-refractivity contribution >= 4 is 5.97 Å². The van der Waals surface area contributed by atoms with Crippen LogP contribution in [0.2, 0.25) is 0 Å². The van der Waals surface area contributed by atoms with Crippen molar-refractivity contribution < 1.29 is 14.3 Å². The van der Waals surface area contributed by atoms with Crippen molar-refractivity contribution in [2.45, 2.75) is 252 Å². The molecule has 0 aromatic heterocycles. The summed E-state index contributed by atoms with van der Waals surface area (Å²) in [7, 11) is 2.24. The van der Waals surface area contributed by atoms with Gasteiger partial charge in [-0.2, -0.15) is 0 Å². The Hall–Kier alpha value is -0.650. The van der Waals surface area contributed by atoms with E-state index in [1.807, 2.05) is 0 Å². The molecule has 0 N–H and O–H groups in total. The number of esters is 1. The van der Waals surface area contributed by atoms with Gasteiger partial charge in [0.05, 0.1) is 12.7 Å². The van der Waals surface area contributed by atoms with Gasteiger partial charge in [-0.15, -0.1) is 0 Å². The summed E-state index contributed by atoms with van der Waals surface area (Å²) in [4.78, 5) is 17.6. The number of carbonyl (C=O) groups excluding carboxylic acids is 1. The largest absolute Gasteiger partial charge is 0.466 e. The molecule has 1 atom stereocenters. The van der Waals surface area contributed by atoms with Crippen LogP contribution in [0.5, 0.6) is 0 Å². The first-order valence-electron chi connectivity index (χ1n) is 25.2. The predicted molar refractivity (Wildman–Crippen MR) is 241 cm³/mol. The molecule has 1 aliphatic heterocycles. The number of carbonyl (C=O) groups is 1. The first-order chi connectivity index (χ1) is 27.0. The maximum absolute atomic E-state index is 12.6. The fourth-order valence-electron chi connectivity index (χ4n) is 8.78. The molecule has 5 nitrogen and oxygen atoms in total. The predicted octanol–water partition coefficient (Wildman–Crippen LogP) is 14.7. The summed E-state index contributed by atoms with van der Waals surface area (Å²) >= 11 is 0. The van der Waals surface area contributed by atoms with Crippen molar-refractivity contribution in [3.05, 3.63) is 0 Å². The van der Waals surface area contributed by atoms with Gasteiger partial charge in [0.2, 0.25) is 0 Å². The molecule has 55 heavy (non-hydrogen) atoms. The molecule has 0 bridgehead atoms. The average Bonchev–Trinajstić information content (AvgIpc) is 3.18. The molecule has 328 valence electrons. The second-order valence-electron chi connectivity index (χ2n) is 18.1. The maximum Gasteiger partial charge on any atom is 0.306 e. The van der Waals surface area contributed by atoms with Gasteiger partial charge >= 0.3 is 5.97 Å². The van der Waals surface area contributed by atoms with Gasteiger partial charge in [0.25, 0.3) is 0 Å². The number of rotatable bonds is 42. The van der Waals surface area contributed by atoms with E-state index in [2.05, 4.69) is 44.5 Å². The number of ether oxygens (including phenoxy) is 2. The highest BCUT2D eigenvalue weighted by Crippen LogP contribution is 2.25. The average molecular weight is 777 g/mol. The molecular weight excluding hydrogens is 677 g/mol. The van der Waals surface area contributed by atoms with Crippen molar-refractivity contribution in [2.75, 3.05) is 53.0 Å². The van der Waals surface area contributed by atoms with Crippen LogP contribution in [-0.2, 0) is 14.3 Å². The summed E-state index contributed by atoms with van der Waals surface area (Å²) in [6.45, 7) is 16.7. The summed E-state index contributed by atoms with van der Waals surface area (Å²) in [5.74, 6) is 1.56. The molecule has 0 amide bonds. The Kier molecular flexibility index (Phi) is 38.2. The Morgan fingerprint density at radius 1 is 0.455 bits per heavy atom. The van der Waals surface area contributed by atoms with E-state index in [1.54, 1.807) is 0 Å². The number of piperazine rings is 1. The van der Waals surface area contributed by atoms with Crippen LogP contribution < -0.4 is 0 Å². The van der Waals surface area contributed by atoms with Crippen molar-refractivity contribution in [3.8, 4) is 0 Å². The normalized spacial score (nSPS) is 14.7. The lowest BCUT2D eigenvalue weighted by molar-refractivity contribution is -0.145. The molecule has 0 spiro atoms. The van der Waals surface area contributed by atoms with E-state index >= 15 is 0 Å². The van der Waals surface area contributed by atoms with Gasteiger partial charge in [0, 0.05) is 45.8 Å². The summed E-state index contributed by atoms with van der Waals surface area (Å²) in [6.07, 6.45) is 44.7. The molecule has 1 heterocycles. The Morgan fingerprint density at radius 3 is 1.33 bits per heavy atom. The SMILES string of the molecule is CCCCCC(CCCCC)CCCCCCCCCC(CCCCCCCCOC(=O)CC(CCCCC)CCCCC)OCCCN1CCN(C)CC1. The highest BCUT2D eigenvalue weighted by Gasteiger charge is 2.16. The van der Waals surface area contributed by atoms with Gasteiger partial charge in [-0.3, -0.25) is 4.79 Å². The standard InChI is InChI=1S/C50H100N2O3/c1-6-10-23-32-47(33-24-11-7-2)34-27-19-15-14-16-20-28-37-49(54-45-31-39-52-42-40-51(5)41-43-52)38-29-21-17-18-22-30-44-55-50(53)46-48(35-25-12-8-3)36-26-13-9-4/h47-49H,6-46H2,1-5H3. The number of nitrogens with zero attached hydrogens (tertiary/aromatic N) is 2. The smallest absolute Gasteiger partial charge is 0.306 e. The highest BCUT2D eigenvalue weighted by atomic mass is 16.5. The fraction of sp³-hybridized carbons (Fsp3) is 0.980. The van der Waals surface area contributed by atoms with Crippen LogP contribution in [0.1, 0.15) is 246 Å². The van der Waals surface area contributed by atoms with Gasteiger partial charge in [-0.1, -0.05) is 201 Å². The molecule has 1 aliphatic rings. The topological polar surface area (TPSA) is 42.0 Å². The van der Waals surface area contributed by atoms with E-state index in [-0.39, 0.29) is 5.97 Å². The lowest BCUT2D eigenvalue weighted by Gasteiger charge is -2.32. The van der Waals surface area contributed by atoms with Crippen molar-refractivity contribution in [1.82, 2.24) is 9.80 Å². The minimum absolute atomic E-state index is 0.0438. The Labute approximate surface area is 346 Å². The van der Waals surface area contributed by atoms with Crippen LogP contribution in [0.15, 0.2) is 0 Å². The summed E-state index contributed by atoms with van der Waals surface area (Å²) < 4.78 is 12.3. The molecule has 0 radical (unpaired) electrons. The molecule has 0 aromatic carbocycles. The van der Waals surface area contributed by atoms with Crippen molar-refractivity contribution in [3.63, 3.8) is 0 Å². The monoisotopic (exact) mass is 777 g/mol. The van der Waals surface area contributed by atoms with Crippen LogP contribution in [0.4, 0.5) is 0 Å². The zero-order valence-electron chi connectivity index (χ0n) is 38.3. The van der Waals surface area contributed by atoms with Gasteiger partial charge in [0.1, 0.15) is 0 Å². The minimum Gasteiger partial charge on any atom is -0.466 e. The summed E-state index contributed by atoms with van der Waals surface area (Å²) in [6, 6.07) is 0. The van der Waals surface area contributed by atoms with E-state index < -0.39 is 0 Å². The van der Waals surface area contributed by atoms with E-state index in [1.165, 1.54) is 238 Å². The lowest BCUT2D eigenvalue weighted by atomic mass is 9.90. The molecule has 0 aromatic rings. The molecule has 5 heteroatoms. The van der Waals surface area contributed by atoms with Crippen molar-refractivity contribution in [1.29, 1.82) is 0 Å². The molecule has 1 rings (SSSR count). The van der Waals surface area contributed by atoms with Crippen LogP contribution in [0.3, 0.4) is 0 Å². The number of hydrogen-bond donors (Lipinski definition) is 0. The Balaban J connectivity index is 2.26. The zero-order chi connectivity index (χ0) is 39.9. The quantitative estimate of drug-likeness (QED) is 0.0456. The van der Waals surface area contributed by atoms with Gasteiger partial charge in [-0.25, -0.2) is 0 Å². The third kappa shape index (κ3) is 34.0. The molecule has 1 saturated heterocycles. The lowest BCUT2D eigenvalue weighted by Crippen LogP contribution is -2.44. The fourth-order valence-corrected chi connectivity index (χ4v) is 8.78. The van der Waals surface area contributed by atoms with Gasteiger partial charge < -0.3 is 19.3 Å². The Bertz CT molecular complexity index is 765. The maximum atomic E-state index is 12.6. The summed E-state index contributed by atoms with van der Waals surface area (Å²) in [5, 5.41) is 0. The van der Waals surface area contributed by atoms with Crippen molar-refractivity contribution in [2.24, 2.45) is 11.8 Å². The molecule has 0 saturated carbocycles. The number of hydrogen-bond acceptors (Lipinski definition) is 5. The van der Waals surface area contributed by atoms with Crippen LogP contribution in [-0.4, -0.2) is 74.9 Å². The van der Waals surface area contributed by atoms with E-state index in [0.29, 0.717) is 25.0 Å². The minimum atomic E-state index is 0.0438.